The van der Waals surface area contributed by atoms with E-state index in [-0.39, 0.29) is 11.9 Å². The Balaban J connectivity index is 1.44. The Bertz CT molecular complexity index is 1150. The van der Waals surface area contributed by atoms with Gasteiger partial charge in [-0.2, -0.15) is 10.1 Å². The third-order valence-corrected chi connectivity index (χ3v) is 5.69. The molecular weight excluding hydrogens is 386 g/mol. The van der Waals surface area contributed by atoms with Crippen LogP contribution in [0.3, 0.4) is 0 Å². The van der Waals surface area contributed by atoms with E-state index in [9.17, 15) is 4.79 Å². The zero-order valence-corrected chi connectivity index (χ0v) is 18.0. The monoisotopic (exact) mass is 413 g/mol. The molecule has 1 atom stereocenters. The average molecular weight is 414 g/mol. The Morgan fingerprint density at radius 1 is 1.00 bits per heavy atom. The van der Waals surface area contributed by atoms with Gasteiger partial charge in [-0.05, 0) is 49.8 Å². The highest BCUT2D eigenvalue weighted by molar-refractivity contribution is 5.76. The molecule has 31 heavy (non-hydrogen) atoms. The van der Waals surface area contributed by atoms with Crippen molar-refractivity contribution >= 4 is 11.7 Å². The molecule has 1 N–H and O–H groups in total. The van der Waals surface area contributed by atoms with E-state index in [1.165, 1.54) is 11.9 Å². The van der Waals surface area contributed by atoms with E-state index < -0.39 is 0 Å². The second kappa shape index (κ2) is 9.51. The first-order chi connectivity index (χ1) is 15.1. The summed E-state index contributed by atoms with van der Waals surface area (Å²) in [4.78, 5) is 21.5. The lowest BCUT2D eigenvalue weighted by Crippen LogP contribution is -2.29. The third-order valence-electron chi connectivity index (χ3n) is 5.69. The van der Waals surface area contributed by atoms with Crippen LogP contribution in [0.2, 0.25) is 0 Å². The first kappa shape index (κ1) is 20.7. The molecule has 6 nitrogen and oxygen atoms in total. The summed E-state index contributed by atoms with van der Waals surface area (Å²) in [7, 11) is 0. The van der Waals surface area contributed by atoms with Gasteiger partial charge in [0.2, 0.25) is 5.91 Å². The molecule has 0 aliphatic heterocycles. The van der Waals surface area contributed by atoms with Crippen molar-refractivity contribution in [3.63, 3.8) is 0 Å². The smallest absolute Gasteiger partial charge is 0.252 e. The van der Waals surface area contributed by atoms with Gasteiger partial charge in [-0.1, -0.05) is 60.7 Å². The second-order valence-electron chi connectivity index (χ2n) is 7.79. The first-order valence-corrected chi connectivity index (χ1v) is 10.7. The van der Waals surface area contributed by atoms with Crippen molar-refractivity contribution < 1.29 is 4.79 Å². The van der Waals surface area contributed by atoms with Gasteiger partial charge in [0, 0.05) is 17.8 Å². The number of nitrogens with one attached hydrogen (secondary N) is 1. The van der Waals surface area contributed by atoms with Gasteiger partial charge in [-0.3, -0.25) is 4.79 Å². The van der Waals surface area contributed by atoms with Crippen molar-refractivity contribution in [1.29, 1.82) is 0 Å². The van der Waals surface area contributed by atoms with Crippen LogP contribution in [0.1, 0.15) is 47.0 Å². The van der Waals surface area contributed by atoms with Crippen molar-refractivity contribution in [3.8, 4) is 0 Å². The van der Waals surface area contributed by atoms with Crippen molar-refractivity contribution in [2.45, 2.75) is 45.6 Å². The first-order valence-electron chi connectivity index (χ1n) is 10.7. The van der Waals surface area contributed by atoms with Gasteiger partial charge in [0.05, 0.1) is 6.04 Å². The minimum absolute atomic E-state index is 0.0213. The molecule has 0 bridgehead atoms. The van der Waals surface area contributed by atoms with Crippen molar-refractivity contribution in [1.82, 2.24) is 24.9 Å². The number of hydrogen-bond donors (Lipinski definition) is 1. The van der Waals surface area contributed by atoms with Crippen molar-refractivity contribution in [2.75, 3.05) is 0 Å². The quantitative estimate of drug-likeness (QED) is 0.471. The number of benzene rings is 2. The van der Waals surface area contributed by atoms with Crippen LogP contribution in [0.5, 0.6) is 0 Å². The maximum atomic E-state index is 12.9. The molecule has 2 aromatic carbocycles. The van der Waals surface area contributed by atoms with Crippen LogP contribution in [-0.2, 0) is 17.6 Å². The Labute approximate surface area is 182 Å². The van der Waals surface area contributed by atoms with Crippen LogP contribution in [-0.4, -0.2) is 25.5 Å². The molecule has 4 rings (SSSR count). The second-order valence-corrected chi connectivity index (χ2v) is 7.79. The molecule has 0 radical (unpaired) electrons. The van der Waals surface area contributed by atoms with Crippen LogP contribution >= 0.6 is 0 Å². The number of nitrogens with zero attached hydrogens (tertiary/aromatic N) is 4. The Morgan fingerprint density at radius 2 is 1.71 bits per heavy atom. The van der Waals surface area contributed by atoms with Crippen LogP contribution in [0.25, 0.3) is 5.78 Å². The van der Waals surface area contributed by atoms with Crippen LogP contribution in [0, 0.1) is 13.8 Å². The molecule has 1 unspecified atom stereocenters. The molecule has 158 valence electrons. The van der Waals surface area contributed by atoms with E-state index in [1.807, 2.05) is 38.1 Å². The zero-order valence-electron chi connectivity index (χ0n) is 18.0. The van der Waals surface area contributed by atoms with Crippen LogP contribution in [0.4, 0.5) is 0 Å². The molecule has 2 heterocycles. The lowest BCUT2D eigenvalue weighted by atomic mass is 9.98. The average Bonchev–Trinajstić information content (AvgIpc) is 3.26. The number of amides is 1. The molecule has 0 spiro atoms. The minimum Gasteiger partial charge on any atom is -0.349 e. The number of hydrogen-bond acceptors (Lipinski definition) is 4. The summed E-state index contributed by atoms with van der Waals surface area (Å²) in [5, 5.41) is 7.48. The van der Waals surface area contributed by atoms with Gasteiger partial charge >= 0.3 is 0 Å². The van der Waals surface area contributed by atoms with Crippen molar-refractivity contribution in [2.24, 2.45) is 0 Å². The van der Waals surface area contributed by atoms with E-state index in [4.69, 9.17) is 0 Å². The summed E-state index contributed by atoms with van der Waals surface area (Å²) in [5.41, 5.74) is 5.33. The minimum atomic E-state index is -0.0213. The lowest BCUT2D eigenvalue weighted by Gasteiger charge is -2.20. The Hall–Kier alpha value is -3.54. The van der Waals surface area contributed by atoms with Crippen LogP contribution < -0.4 is 5.32 Å². The van der Waals surface area contributed by atoms with E-state index in [2.05, 4.69) is 56.8 Å². The summed E-state index contributed by atoms with van der Waals surface area (Å²) in [6.45, 7) is 3.96. The molecule has 0 saturated heterocycles. The van der Waals surface area contributed by atoms with E-state index in [0.717, 1.165) is 35.4 Å². The van der Waals surface area contributed by atoms with Gasteiger partial charge in [-0.25, -0.2) is 9.50 Å². The fraction of sp³-hybridized carbons (Fsp3) is 0.280. The number of rotatable bonds is 8. The molecule has 0 aliphatic carbocycles. The van der Waals surface area contributed by atoms with E-state index in [1.54, 1.807) is 4.52 Å². The highest BCUT2D eigenvalue weighted by atomic mass is 16.1. The maximum Gasteiger partial charge on any atom is 0.252 e. The SMILES string of the molecule is Cc1nc2ncnn2c(C)c1CCC(=O)NC(CCc1ccccc1)c1ccccc1. The molecule has 1 amide bonds. The summed E-state index contributed by atoms with van der Waals surface area (Å²) >= 11 is 0. The fourth-order valence-corrected chi connectivity index (χ4v) is 3.99. The highest BCUT2D eigenvalue weighted by Crippen LogP contribution is 2.20. The molecule has 0 aliphatic rings. The predicted molar refractivity (Wildman–Crippen MR) is 121 cm³/mol. The van der Waals surface area contributed by atoms with Gasteiger partial charge in [-0.15, -0.1) is 0 Å². The standard InChI is InChI=1S/C25H27N5O/c1-18-22(19(2)30-25(28-18)26-17-27-30)14-16-24(31)29-23(21-11-7-4-8-12-21)15-13-20-9-5-3-6-10-20/h3-12,17,23H,13-16H2,1-2H3,(H,29,31). The number of carbonyl (C=O) groups excluding carboxylic acids is 1. The largest absolute Gasteiger partial charge is 0.349 e. The van der Waals surface area contributed by atoms with Gasteiger partial charge in [0.25, 0.3) is 5.78 Å². The molecule has 6 heteroatoms. The molecule has 4 aromatic rings. The summed E-state index contributed by atoms with van der Waals surface area (Å²) in [5.74, 6) is 0.632. The third kappa shape index (κ3) is 4.97. The Morgan fingerprint density at radius 3 is 2.45 bits per heavy atom. The molecule has 0 saturated carbocycles. The topological polar surface area (TPSA) is 72.2 Å². The van der Waals surface area contributed by atoms with Crippen LogP contribution in [0.15, 0.2) is 67.0 Å². The van der Waals surface area contributed by atoms with Gasteiger partial charge < -0.3 is 5.32 Å². The van der Waals surface area contributed by atoms with E-state index in [0.29, 0.717) is 18.6 Å². The maximum absolute atomic E-state index is 12.9. The fourth-order valence-electron chi connectivity index (χ4n) is 3.99. The molecular formula is C25H27N5O. The molecule has 2 aromatic heterocycles. The summed E-state index contributed by atoms with van der Waals surface area (Å²) in [6.07, 6.45) is 4.28. The van der Waals surface area contributed by atoms with Gasteiger partial charge in [0.1, 0.15) is 6.33 Å². The van der Waals surface area contributed by atoms with Gasteiger partial charge in [0.15, 0.2) is 0 Å². The number of carbonyl (C=O) groups is 1. The normalized spacial score (nSPS) is 12.1. The molecule has 0 fully saturated rings. The zero-order chi connectivity index (χ0) is 21.6. The predicted octanol–water partition coefficient (Wildman–Crippen LogP) is 4.16. The summed E-state index contributed by atoms with van der Waals surface area (Å²) < 4.78 is 1.73. The van der Waals surface area contributed by atoms with E-state index >= 15 is 0 Å². The number of aromatic nitrogens is 4. The van der Waals surface area contributed by atoms with Crippen molar-refractivity contribution in [3.05, 3.63) is 95.1 Å². The lowest BCUT2D eigenvalue weighted by molar-refractivity contribution is -0.121. The summed E-state index contributed by atoms with van der Waals surface area (Å²) in [6, 6.07) is 20.5. The number of aryl methyl sites for hydroxylation is 3. The highest BCUT2D eigenvalue weighted by Gasteiger charge is 2.17. The Kier molecular flexibility index (Phi) is 6.36. The number of fused-ring (bicyclic) bond motifs is 1.